The van der Waals surface area contributed by atoms with Crippen LogP contribution in [0.25, 0.3) is 0 Å². The zero-order chi connectivity index (χ0) is 21.9. The normalized spacial score (nSPS) is 16.4. The summed E-state index contributed by atoms with van der Waals surface area (Å²) >= 11 is 0. The molecule has 0 N–H and O–H groups in total. The van der Waals surface area contributed by atoms with Crippen LogP contribution in [0.2, 0.25) is 0 Å². The molecule has 30 heavy (non-hydrogen) atoms. The quantitative estimate of drug-likeness (QED) is 0.711. The molecule has 162 valence electrons. The second-order valence-corrected chi connectivity index (χ2v) is 9.28. The summed E-state index contributed by atoms with van der Waals surface area (Å²) in [5.41, 5.74) is -0.724. The van der Waals surface area contributed by atoms with E-state index in [4.69, 9.17) is 0 Å². The lowest BCUT2D eigenvalue weighted by atomic mass is 9.96. The number of hydrogen-bond acceptors (Lipinski definition) is 3. The van der Waals surface area contributed by atoms with Crippen molar-refractivity contribution in [3.63, 3.8) is 0 Å². The molecule has 2 aromatic rings. The van der Waals surface area contributed by atoms with Crippen LogP contribution in [0.4, 0.5) is 13.2 Å². The van der Waals surface area contributed by atoms with Crippen LogP contribution in [0.15, 0.2) is 59.5 Å². The Morgan fingerprint density at radius 2 is 1.60 bits per heavy atom. The Kier molecular flexibility index (Phi) is 6.52. The number of rotatable bonds is 5. The maximum atomic E-state index is 13.2. The number of sulfonamides is 1. The fourth-order valence-electron chi connectivity index (χ4n) is 3.66. The molecule has 1 heterocycles. The molecule has 1 amide bonds. The van der Waals surface area contributed by atoms with Crippen LogP contribution in [0, 0.1) is 5.92 Å². The van der Waals surface area contributed by atoms with Crippen molar-refractivity contribution >= 4 is 15.9 Å². The number of halogens is 3. The first-order valence-corrected chi connectivity index (χ1v) is 11.0. The van der Waals surface area contributed by atoms with Crippen molar-refractivity contribution in [2.24, 2.45) is 5.92 Å². The van der Waals surface area contributed by atoms with E-state index in [1.165, 1.54) is 46.6 Å². The van der Waals surface area contributed by atoms with Gasteiger partial charge in [0.15, 0.2) is 0 Å². The van der Waals surface area contributed by atoms with E-state index in [0.717, 1.165) is 6.07 Å². The summed E-state index contributed by atoms with van der Waals surface area (Å²) in [6.45, 7) is 0.234. The molecule has 0 bridgehead atoms. The third-order valence-electron chi connectivity index (χ3n) is 5.29. The van der Waals surface area contributed by atoms with E-state index in [1.807, 2.05) is 0 Å². The number of piperidine rings is 1. The van der Waals surface area contributed by atoms with Crippen molar-refractivity contribution < 1.29 is 26.4 Å². The highest BCUT2D eigenvalue weighted by molar-refractivity contribution is 7.89. The molecule has 5 nitrogen and oxygen atoms in total. The van der Waals surface area contributed by atoms with Gasteiger partial charge < -0.3 is 4.90 Å². The van der Waals surface area contributed by atoms with E-state index in [9.17, 15) is 26.4 Å². The van der Waals surface area contributed by atoms with Gasteiger partial charge in [-0.3, -0.25) is 4.79 Å². The molecule has 1 saturated heterocycles. The molecule has 0 saturated carbocycles. The summed E-state index contributed by atoms with van der Waals surface area (Å²) in [4.78, 5) is 14.3. The zero-order valence-electron chi connectivity index (χ0n) is 16.5. The third kappa shape index (κ3) is 4.84. The molecule has 3 rings (SSSR count). The van der Waals surface area contributed by atoms with Gasteiger partial charge in [0, 0.05) is 32.6 Å². The molecule has 1 aliphatic rings. The molecule has 0 unspecified atom stereocenters. The maximum Gasteiger partial charge on any atom is 0.416 e. The number of nitrogens with zero attached hydrogens (tertiary/aromatic N) is 2. The summed E-state index contributed by atoms with van der Waals surface area (Å²) in [5.74, 6) is -0.695. The van der Waals surface area contributed by atoms with Crippen molar-refractivity contribution in [1.29, 1.82) is 0 Å². The van der Waals surface area contributed by atoms with Crippen LogP contribution in [0.1, 0.15) is 24.0 Å². The summed E-state index contributed by atoms with van der Waals surface area (Å²) in [7, 11) is -2.14. The van der Waals surface area contributed by atoms with Gasteiger partial charge in [-0.25, -0.2) is 8.42 Å². The van der Waals surface area contributed by atoms with Crippen LogP contribution in [0.5, 0.6) is 0 Å². The second-order valence-electron chi connectivity index (χ2n) is 7.34. The van der Waals surface area contributed by atoms with Gasteiger partial charge in [-0.05, 0) is 36.6 Å². The molecule has 1 aliphatic heterocycles. The van der Waals surface area contributed by atoms with Gasteiger partial charge in [0.2, 0.25) is 15.9 Å². The van der Waals surface area contributed by atoms with Gasteiger partial charge in [0.25, 0.3) is 0 Å². The highest BCUT2D eigenvalue weighted by atomic mass is 32.2. The Morgan fingerprint density at radius 3 is 2.20 bits per heavy atom. The third-order valence-corrected chi connectivity index (χ3v) is 7.20. The molecule has 0 spiro atoms. The van der Waals surface area contributed by atoms with Crippen LogP contribution in [0.3, 0.4) is 0 Å². The first kappa shape index (κ1) is 22.3. The fraction of sp³-hybridized carbons (Fsp3) is 0.381. The SMILES string of the molecule is CN(Cc1ccccc1C(F)(F)F)C(=O)C1CCN(S(=O)(=O)c2ccccc2)CC1. The molecule has 9 heteroatoms. The van der Waals surface area contributed by atoms with E-state index >= 15 is 0 Å². The minimum Gasteiger partial charge on any atom is -0.341 e. The Morgan fingerprint density at radius 1 is 1.03 bits per heavy atom. The lowest BCUT2D eigenvalue weighted by molar-refractivity contribution is -0.140. The van der Waals surface area contributed by atoms with Crippen molar-refractivity contribution in [2.45, 2.75) is 30.5 Å². The fourth-order valence-corrected chi connectivity index (χ4v) is 5.16. The second kappa shape index (κ2) is 8.77. The van der Waals surface area contributed by atoms with Gasteiger partial charge in [-0.2, -0.15) is 17.5 Å². The van der Waals surface area contributed by atoms with Gasteiger partial charge >= 0.3 is 6.18 Å². The number of benzene rings is 2. The summed E-state index contributed by atoms with van der Waals surface area (Å²) in [6.07, 6.45) is -3.83. The molecule has 0 aliphatic carbocycles. The van der Waals surface area contributed by atoms with Crippen molar-refractivity contribution in [3.05, 3.63) is 65.7 Å². The standard InChI is InChI=1S/C21H23F3N2O3S/c1-25(15-17-7-5-6-10-19(17)21(22,23)24)20(27)16-11-13-26(14-12-16)30(28,29)18-8-3-2-4-9-18/h2-10,16H,11-15H2,1H3. The van der Waals surface area contributed by atoms with E-state index in [-0.39, 0.29) is 36.0 Å². The molecular formula is C21H23F3N2O3S. The molecule has 0 atom stereocenters. The van der Waals surface area contributed by atoms with Crippen molar-refractivity contribution in [2.75, 3.05) is 20.1 Å². The van der Waals surface area contributed by atoms with Gasteiger partial charge in [-0.1, -0.05) is 36.4 Å². The lowest BCUT2D eigenvalue weighted by Gasteiger charge is -2.32. The average Bonchev–Trinajstić information content (AvgIpc) is 2.73. The summed E-state index contributed by atoms with van der Waals surface area (Å²) in [6, 6.07) is 13.3. The lowest BCUT2D eigenvalue weighted by Crippen LogP contribution is -2.43. The largest absolute Gasteiger partial charge is 0.416 e. The van der Waals surface area contributed by atoms with E-state index in [1.54, 1.807) is 18.2 Å². The number of carbonyl (C=O) groups is 1. The van der Waals surface area contributed by atoms with E-state index in [2.05, 4.69) is 0 Å². The highest BCUT2D eigenvalue weighted by Gasteiger charge is 2.35. The van der Waals surface area contributed by atoms with E-state index in [0.29, 0.717) is 12.8 Å². The zero-order valence-corrected chi connectivity index (χ0v) is 17.3. The number of amides is 1. The summed E-state index contributed by atoms with van der Waals surface area (Å²) < 4.78 is 66.3. The number of alkyl halides is 3. The minimum absolute atomic E-state index is 0.0324. The highest BCUT2D eigenvalue weighted by Crippen LogP contribution is 2.33. The predicted octanol–water partition coefficient (Wildman–Crippen LogP) is 3.76. The van der Waals surface area contributed by atoms with Gasteiger partial charge in [-0.15, -0.1) is 0 Å². The van der Waals surface area contributed by atoms with E-state index < -0.39 is 27.7 Å². The Hall–Kier alpha value is -2.39. The molecule has 0 radical (unpaired) electrons. The Balaban J connectivity index is 1.63. The van der Waals surface area contributed by atoms with Crippen LogP contribution < -0.4 is 0 Å². The first-order valence-electron chi connectivity index (χ1n) is 9.56. The first-order chi connectivity index (χ1) is 14.1. The molecule has 1 fully saturated rings. The van der Waals surface area contributed by atoms with Crippen LogP contribution in [-0.2, 0) is 27.5 Å². The predicted molar refractivity (Wildman–Crippen MR) is 106 cm³/mol. The van der Waals surface area contributed by atoms with Crippen LogP contribution >= 0.6 is 0 Å². The Bertz CT molecular complexity index is 986. The number of hydrogen-bond donors (Lipinski definition) is 0. The smallest absolute Gasteiger partial charge is 0.341 e. The van der Waals surface area contributed by atoms with Crippen molar-refractivity contribution in [1.82, 2.24) is 9.21 Å². The van der Waals surface area contributed by atoms with Gasteiger partial charge in [0.1, 0.15) is 0 Å². The van der Waals surface area contributed by atoms with Gasteiger partial charge in [0.05, 0.1) is 10.5 Å². The summed E-state index contributed by atoms with van der Waals surface area (Å²) in [5, 5.41) is 0. The topological polar surface area (TPSA) is 57.7 Å². The monoisotopic (exact) mass is 440 g/mol. The van der Waals surface area contributed by atoms with Crippen LogP contribution in [-0.4, -0.2) is 43.7 Å². The Labute approximate surface area is 174 Å². The molecule has 0 aromatic heterocycles. The van der Waals surface area contributed by atoms with Crippen molar-refractivity contribution in [3.8, 4) is 0 Å². The maximum absolute atomic E-state index is 13.2. The molecule has 2 aromatic carbocycles. The molecular weight excluding hydrogens is 417 g/mol. The average molecular weight is 440 g/mol. The number of carbonyl (C=O) groups excluding carboxylic acids is 1. The minimum atomic E-state index is -4.49.